The van der Waals surface area contributed by atoms with Crippen molar-refractivity contribution in [3.63, 3.8) is 0 Å². The van der Waals surface area contributed by atoms with Crippen molar-refractivity contribution >= 4 is 17.9 Å². The molecule has 1 spiro atoms. The van der Waals surface area contributed by atoms with Gasteiger partial charge in [-0.2, -0.15) is 0 Å². The highest BCUT2D eigenvalue weighted by atomic mass is 16.5. The summed E-state index contributed by atoms with van der Waals surface area (Å²) >= 11 is 0. The molecule has 7 nitrogen and oxygen atoms in total. The first-order chi connectivity index (χ1) is 11.4. The van der Waals surface area contributed by atoms with Crippen molar-refractivity contribution < 1.29 is 23.5 Å². The number of carbonyl (C=O) groups is 3. The molecule has 1 saturated carbocycles. The number of furan rings is 1. The van der Waals surface area contributed by atoms with E-state index < -0.39 is 17.5 Å². The van der Waals surface area contributed by atoms with Crippen molar-refractivity contribution in [3.05, 3.63) is 23.2 Å². The number of nitrogens with one attached hydrogen (secondary N) is 1. The monoisotopic (exact) mass is 334 g/mol. The second-order valence-corrected chi connectivity index (χ2v) is 6.76. The van der Waals surface area contributed by atoms with Gasteiger partial charge in [-0.1, -0.05) is 6.92 Å². The summed E-state index contributed by atoms with van der Waals surface area (Å²) in [6.45, 7) is 3.82. The predicted octanol–water partition coefficient (Wildman–Crippen LogP) is 2.38. The van der Waals surface area contributed by atoms with E-state index in [4.69, 9.17) is 4.42 Å². The van der Waals surface area contributed by atoms with Gasteiger partial charge in [0.05, 0.1) is 13.7 Å². The van der Waals surface area contributed by atoms with Crippen LogP contribution in [0.5, 0.6) is 0 Å². The Morgan fingerprint density at radius 2 is 2.08 bits per heavy atom. The molecule has 1 aromatic rings. The number of hydrogen-bond acceptors (Lipinski definition) is 5. The van der Waals surface area contributed by atoms with E-state index in [1.165, 1.54) is 18.1 Å². The fourth-order valence-electron chi connectivity index (χ4n) is 3.50. The van der Waals surface area contributed by atoms with E-state index in [0.717, 1.165) is 12.8 Å². The van der Waals surface area contributed by atoms with Gasteiger partial charge in [-0.25, -0.2) is 9.59 Å². The Morgan fingerprint density at radius 3 is 2.71 bits per heavy atom. The van der Waals surface area contributed by atoms with Crippen LogP contribution in [0.25, 0.3) is 0 Å². The summed E-state index contributed by atoms with van der Waals surface area (Å²) in [7, 11) is 1.29. The third-order valence-corrected chi connectivity index (χ3v) is 5.06. The molecule has 0 aromatic carbocycles. The van der Waals surface area contributed by atoms with E-state index in [9.17, 15) is 14.4 Å². The van der Waals surface area contributed by atoms with Gasteiger partial charge in [0.1, 0.15) is 22.6 Å². The molecule has 7 heteroatoms. The van der Waals surface area contributed by atoms with E-state index in [-0.39, 0.29) is 12.5 Å². The highest BCUT2D eigenvalue weighted by molar-refractivity contribution is 6.07. The molecule has 24 heavy (non-hydrogen) atoms. The lowest BCUT2D eigenvalue weighted by Gasteiger charge is -2.33. The number of hydrogen-bond donors (Lipinski definition) is 1. The van der Waals surface area contributed by atoms with Crippen LogP contribution in [0.4, 0.5) is 4.79 Å². The van der Waals surface area contributed by atoms with Gasteiger partial charge in [-0.3, -0.25) is 9.69 Å². The van der Waals surface area contributed by atoms with Crippen molar-refractivity contribution in [2.24, 2.45) is 5.92 Å². The standard InChI is InChI=1S/C17H22N2O5/c1-10-4-6-17(7-5-10)15(21)19(16(22)18-17)9-12-8-13(11(2)24-12)14(20)23-3/h8,10H,4-7,9H2,1-3H3,(H,18,22). The molecule has 1 saturated heterocycles. The molecule has 0 unspecified atom stereocenters. The summed E-state index contributed by atoms with van der Waals surface area (Å²) in [5.41, 5.74) is -0.461. The van der Waals surface area contributed by atoms with Gasteiger partial charge in [0.2, 0.25) is 0 Å². The Kier molecular flexibility index (Phi) is 4.11. The number of ether oxygens (including phenoxy) is 1. The third-order valence-electron chi connectivity index (χ3n) is 5.06. The summed E-state index contributed by atoms with van der Waals surface area (Å²) in [4.78, 5) is 37.9. The van der Waals surface area contributed by atoms with Gasteiger partial charge in [-0.15, -0.1) is 0 Å². The maximum atomic E-state index is 12.8. The van der Waals surface area contributed by atoms with E-state index in [1.807, 2.05) is 0 Å². The molecule has 3 amide bonds. The fraction of sp³-hybridized carbons (Fsp3) is 0.588. The minimum absolute atomic E-state index is 0.0137. The van der Waals surface area contributed by atoms with Gasteiger partial charge in [0, 0.05) is 0 Å². The molecule has 0 bridgehead atoms. The molecular formula is C17H22N2O5. The molecule has 130 valence electrons. The Labute approximate surface area is 140 Å². The Hall–Kier alpha value is -2.31. The lowest BCUT2D eigenvalue weighted by molar-refractivity contribution is -0.133. The average Bonchev–Trinajstić information content (AvgIpc) is 3.03. The summed E-state index contributed by atoms with van der Waals surface area (Å²) in [5.74, 6) is 0.665. The number of amides is 3. The Bertz CT molecular complexity index is 685. The van der Waals surface area contributed by atoms with Crippen molar-refractivity contribution in [2.45, 2.75) is 51.6 Å². The van der Waals surface area contributed by atoms with Crippen LogP contribution in [0.3, 0.4) is 0 Å². The van der Waals surface area contributed by atoms with Gasteiger partial charge in [0.25, 0.3) is 5.91 Å². The SMILES string of the molecule is COC(=O)c1cc(CN2C(=O)NC3(CCC(C)CC3)C2=O)oc1C. The second-order valence-electron chi connectivity index (χ2n) is 6.76. The van der Waals surface area contributed by atoms with Gasteiger partial charge in [0.15, 0.2) is 0 Å². The quantitative estimate of drug-likeness (QED) is 0.677. The first-order valence-corrected chi connectivity index (χ1v) is 8.18. The van der Waals surface area contributed by atoms with E-state index >= 15 is 0 Å². The number of nitrogens with zero attached hydrogens (tertiary/aromatic N) is 1. The lowest BCUT2D eigenvalue weighted by atomic mass is 9.77. The summed E-state index contributed by atoms with van der Waals surface area (Å²) < 4.78 is 10.2. The molecule has 1 N–H and O–H groups in total. The van der Waals surface area contributed by atoms with Crippen LogP contribution < -0.4 is 5.32 Å². The zero-order valence-electron chi connectivity index (χ0n) is 14.2. The molecular weight excluding hydrogens is 312 g/mol. The van der Waals surface area contributed by atoms with Crippen LogP contribution in [0.2, 0.25) is 0 Å². The second kappa shape index (κ2) is 5.96. The number of imide groups is 1. The normalized spacial score (nSPS) is 26.8. The van der Waals surface area contributed by atoms with Crippen LogP contribution in [0, 0.1) is 12.8 Å². The summed E-state index contributed by atoms with van der Waals surface area (Å²) in [6, 6.07) is 1.12. The topological polar surface area (TPSA) is 88.9 Å². The highest BCUT2D eigenvalue weighted by Crippen LogP contribution is 2.36. The molecule has 0 atom stereocenters. The zero-order valence-corrected chi connectivity index (χ0v) is 14.2. The molecule has 1 aliphatic heterocycles. The molecule has 3 rings (SSSR count). The summed E-state index contributed by atoms with van der Waals surface area (Å²) in [6.07, 6.45) is 3.18. The van der Waals surface area contributed by atoms with Crippen LogP contribution >= 0.6 is 0 Å². The lowest BCUT2D eigenvalue weighted by Crippen LogP contribution is -2.49. The number of urea groups is 1. The van der Waals surface area contributed by atoms with Gasteiger partial charge in [-0.05, 0) is 44.6 Å². The number of methoxy groups -OCH3 is 1. The van der Waals surface area contributed by atoms with Crippen molar-refractivity contribution in [3.8, 4) is 0 Å². The van der Waals surface area contributed by atoms with Gasteiger partial charge < -0.3 is 14.5 Å². The van der Waals surface area contributed by atoms with Crippen LogP contribution in [-0.4, -0.2) is 35.5 Å². The number of esters is 1. The maximum absolute atomic E-state index is 12.8. The molecule has 1 aliphatic carbocycles. The largest absolute Gasteiger partial charge is 0.465 e. The molecule has 2 aliphatic rings. The van der Waals surface area contributed by atoms with Gasteiger partial charge >= 0.3 is 12.0 Å². The zero-order chi connectivity index (χ0) is 17.5. The van der Waals surface area contributed by atoms with E-state index in [0.29, 0.717) is 35.8 Å². The van der Waals surface area contributed by atoms with Crippen LogP contribution in [0.1, 0.15) is 54.5 Å². The van der Waals surface area contributed by atoms with Crippen LogP contribution in [0.15, 0.2) is 10.5 Å². The molecule has 2 heterocycles. The Morgan fingerprint density at radius 1 is 1.42 bits per heavy atom. The predicted molar refractivity (Wildman–Crippen MR) is 84.2 cm³/mol. The van der Waals surface area contributed by atoms with E-state index in [2.05, 4.69) is 17.0 Å². The fourth-order valence-corrected chi connectivity index (χ4v) is 3.50. The third kappa shape index (κ3) is 2.68. The smallest absolute Gasteiger partial charge is 0.341 e. The number of carbonyl (C=O) groups excluding carboxylic acids is 3. The first-order valence-electron chi connectivity index (χ1n) is 8.18. The van der Waals surface area contributed by atoms with Crippen molar-refractivity contribution in [1.29, 1.82) is 0 Å². The average molecular weight is 334 g/mol. The minimum atomic E-state index is -0.767. The number of rotatable bonds is 3. The molecule has 2 fully saturated rings. The molecule has 1 aromatic heterocycles. The first kappa shape index (κ1) is 16.5. The minimum Gasteiger partial charge on any atom is -0.465 e. The Balaban J connectivity index is 1.77. The van der Waals surface area contributed by atoms with Crippen molar-refractivity contribution in [1.82, 2.24) is 10.2 Å². The highest BCUT2D eigenvalue weighted by Gasteiger charge is 2.52. The van der Waals surface area contributed by atoms with Crippen molar-refractivity contribution in [2.75, 3.05) is 7.11 Å². The maximum Gasteiger partial charge on any atom is 0.341 e. The van der Waals surface area contributed by atoms with E-state index in [1.54, 1.807) is 6.92 Å². The molecule has 0 radical (unpaired) electrons. The number of aryl methyl sites for hydroxylation is 1. The van der Waals surface area contributed by atoms with Crippen LogP contribution in [-0.2, 0) is 16.1 Å². The summed E-state index contributed by atoms with van der Waals surface area (Å²) in [5, 5.41) is 2.87.